The van der Waals surface area contributed by atoms with Crippen LogP contribution in [0.15, 0.2) is 36.5 Å². The van der Waals surface area contributed by atoms with Crippen LogP contribution in [0.3, 0.4) is 0 Å². The van der Waals surface area contributed by atoms with Crippen molar-refractivity contribution in [1.82, 2.24) is 4.98 Å². The number of hydrogen-bond acceptors (Lipinski definition) is 3. The number of anilines is 1. The Bertz CT molecular complexity index is 586. The fraction of sp³-hybridized carbons (Fsp3) is 0.312. The summed E-state index contributed by atoms with van der Waals surface area (Å²) in [6.07, 6.45) is 1.69. The van der Waals surface area contributed by atoms with Gasteiger partial charge in [-0.15, -0.1) is 0 Å². The Morgan fingerprint density at radius 2 is 2.15 bits per heavy atom. The first-order valence-electron chi connectivity index (χ1n) is 6.72. The van der Waals surface area contributed by atoms with Gasteiger partial charge in [0.1, 0.15) is 5.82 Å². The molecule has 0 saturated carbocycles. The number of ether oxygens (including phenoxy) is 1. The monoisotopic (exact) mass is 274 g/mol. The molecule has 106 valence electrons. The van der Waals surface area contributed by atoms with Crippen LogP contribution in [-0.4, -0.2) is 11.6 Å². The van der Waals surface area contributed by atoms with E-state index in [1.54, 1.807) is 25.3 Å². The molecule has 0 aliphatic carbocycles. The maximum Gasteiger partial charge on any atom is 0.237 e. The van der Waals surface area contributed by atoms with E-state index >= 15 is 0 Å². The van der Waals surface area contributed by atoms with Gasteiger partial charge in [-0.3, -0.25) is 0 Å². The summed E-state index contributed by atoms with van der Waals surface area (Å²) in [7, 11) is 0. The topological polar surface area (TPSA) is 34.1 Å². The van der Waals surface area contributed by atoms with Gasteiger partial charge in [-0.05, 0) is 50.1 Å². The number of aryl methyl sites for hydroxylation is 1. The van der Waals surface area contributed by atoms with Crippen molar-refractivity contribution < 1.29 is 9.13 Å². The molecule has 20 heavy (non-hydrogen) atoms. The molecule has 1 atom stereocenters. The molecule has 0 amide bonds. The molecule has 1 unspecified atom stereocenters. The molecular weight excluding hydrogens is 255 g/mol. The van der Waals surface area contributed by atoms with Crippen LogP contribution < -0.4 is 10.1 Å². The van der Waals surface area contributed by atoms with E-state index in [0.29, 0.717) is 18.1 Å². The number of nitrogens with one attached hydrogen (secondary N) is 1. The van der Waals surface area contributed by atoms with Gasteiger partial charge in [0.15, 0.2) is 0 Å². The van der Waals surface area contributed by atoms with Crippen molar-refractivity contribution in [2.75, 3.05) is 11.9 Å². The highest BCUT2D eigenvalue weighted by Gasteiger charge is 2.11. The Morgan fingerprint density at radius 1 is 1.35 bits per heavy atom. The molecule has 0 aliphatic rings. The highest BCUT2D eigenvalue weighted by Crippen LogP contribution is 2.26. The van der Waals surface area contributed by atoms with E-state index in [9.17, 15) is 4.39 Å². The molecule has 0 aliphatic heterocycles. The minimum atomic E-state index is -0.188. The second-order valence-electron chi connectivity index (χ2n) is 4.66. The lowest BCUT2D eigenvalue weighted by molar-refractivity contribution is 0.328. The predicted octanol–water partition coefficient (Wildman–Crippen LogP) is 4.10. The van der Waals surface area contributed by atoms with E-state index in [1.807, 2.05) is 32.0 Å². The zero-order valence-electron chi connectivity index (χ0n) is 12.0. The quantitative estimate of drug-likeness (QED) is 0.891. The third-order valence-corrected chi connectivity index (χ3v) is 3.12. The minimum absolute atomic E-state index is 0.0338. The van der Waals surface area contributed by atoms with Gasteiger partial charge < -0.3 is 10.1 Å². The van der Waals surface area contributed by atoms with Crippen LogP contribution in [0.2, 0.25) is 0 Å². The average Bonchev–Trinajstić information content (AvgIpc) is 2.44. The minimum Gasteiger partial charge on any atom is -0.476 e. The average molecular weight is 274 g/mol. The molecule has 0 spiro atoms. The zero-order chi connectivity index (χ0) is 14.5. The molecular formula is C16H19FN2O. The molecule has 1 heterocycles. The smallest absolute Gasteiger partial charge is 0.237 e. The van der Waals surface area contributed by atoms with Gasteiger partial charge in [0.25, 0.3) is 0 Å². The molecule has 4 heteroatoms. The number of rotatable bonds is 5. The van der Waals surface area contributed by atoms with Crippen LogP contribution in [0.4, 0.5) is 10.1 Å². The van der Waals surface area contributed by atoms with Crippen molar-refractivity contribution in [3.8, 4) is 5.88 Å². The lowest BCUT2D eigenvalue weighted by Crippen LogP contribution is -2.09. The number of aromatic nitrogens is 1. The van der Waals surface area contributed by atoms with Gasteiger partial charge >= 0.3 is 0 Å². The number of halogens is 1. The van der Waals surface area contributed by atoms with Crippen LogP contribution in [0.5, 0.6) is 5.88 Å². The summed E-state index contributed by atoms with van der Waals surface area (Å²) in [5.74, 6) is 0.377. The molecule has 2 rings (SSSR count). The van der Waals surface area contributed by atoms with E-state index in [0.717, 1.165) is 11.3 Å². The Kier molecular flexibility index (Phi) is 4.56. The predicted molar refractivity (Wildman–Crippen MR) is 78.6 cm³/mol. The van der Waals surface area contributed by atoms with Crippen LogP contribution in [0, 0.1) is 12.7 Å². The van der Waals surface area contributed by atoms with Crippen LogP contribution in [0.1, 0.15) is 31.0 Å². The summed E-state index contributed by atoms with van der Waals surface area (Å²) in [6.45, 7) is 6.20. The Balaban J connectivity index is 2.18. The van der Waals surface area contributed by atoms with E-state index < -0.39 is 0 Å². The number of pyridine rings is 1. The summed E-state index contributed by atoms with van der Waals surface area (Å²) in [5, 5.41) is 3.30. The fourth-order valence-corrected chi connectivity index (χ4v) is 1.95. The Labute approximate surface area is 118 Å². The number of benzene rings is 1. The molecule has 0 saturated heterocycles. The van der Waals surface area contributed by atoms with Crippen molar-refractivity contribution in [2.24, 2.45) is 0 Å². The lowest BCUT2D eigenvalue weighted by Gasteiger charge is -2.18. The number of nitrogens with zero attached hydrogens (tertiary/aromatic N) is 1. The largest absolute Gasteiger partial charge is 0.476 e. The molecule has 2 aromatic rings. The number of hydrogen-bond donors (Lipinski definition) is 1. The van der Waals surface area contributed by atoms with Crippen LogP contribution >= 0.6 is 0 Å². The van der Waals surface area contributed by atoms with Gasteiger partial charge in [0, 0.05) is 12.2 Å². The summed E-state index contributed by atoms with van der Waals surface area (Å²) in [5.41, 5.74) is 2.35. The molecule has 1 aromatic heterocycles. The van der Waals surface area contributed by atoms with Gasteiger partial charge in [0.2, 0.25) is 5.88 Å². The zero-order valence-corrected chi connectivity index (χ0v) is 12.0. The highest BCUT2D eigenvalue weighted by molar-refractivity contribution is 5.53. The SMILES string of the molecule is CCOc1ncccc1NC(C)c1ccc(C)c(F)c1. The third kappa shape index (κ3) is 3.26. The second kappa shape index (κ2) is 6.37. The molecule has 1 aromatic carbocycles. The van der Waals surface area contributed by atoms with E-state index in [1.165, 1.54) is 0 Å². The summed E-state index contributed by atoms with van der Waals surface area (Å²) >= 11 is 0. The first-order valence-corrected chi connectivity index (χ1v) is 6.72. The summed E-state index contributed by atoms with van der Waals surface area (Å²) in [4.78, 5) is 4.19. The molecule has 1 N–H and O–H groups in total. The van der Waals surface area contributed by atoms with Crippen molar-refractivity contribution in [3.05, 3.63) is 53.5 Å². The van der Waals surface area contributed by atoms with Crippen LogP contribution in [-0.2, 0) is 0 Å². The normalized spacial score (nSPS) is 12.0. The molecule has 0 fully saturated rings. The maximum absolute atomic E-state index is 13.6. The Morgan fingerprint density at radius 3 is 2.85 bits per heavy atom. The van der Waals surface area contributed by atoms with Crippen molar-refractivity contribution >= 4 is 5.69 Å². The van der Waals surface area contributed by atoms with Crippen molar-refractivity contribution in [1.29, 1.82) is 0 Å². The first kappa shape index (κ1) is 14.3. The fourth-order valence-electron chi connectivity index (χ4n) is 1.95. The molecule has 3 nitrogen and oxygen atoms in total. The first-order chi connectivity index (χ1) is 9.61. The van der Waals surface area contributed by atoms with Crippen molar-refractivity contribution in [3.63, 3.8) is 0 Å². The highest BCUT2D eigenvalue weighted by atomic mass is 19.1. The van der Waals surface area contributed by atoms with Gasteiger partial charge in [-0.1, -0.05) is 12.1 Å². The van der Waals surface area contributed by atoms with E-state index in [4.69, 9.17) is 4.74 Å². The third-order valence-electron chi connectivity index (χ3n) is 3.12. The van der Waals surface area contributed by atoms with Crippen molar-refractivity contribution in [2.45, 2.75) is 26.8 Å². The van der Waals surface area contributed by atoms with Gasteiger partial charge in [0.05, 0.1) is 12.3 Å². The molecule has 0 bridgehead atoms. The Hall–Kier alpha value is -2.10. The lowest BCUT2D eigenvalue weighted by atomic mass is 10.1. The van der Waals surface area contributed by atoms with Crippen LogP contribution in [0.25, 0.3) is 0 Å². The van der Waals surface area contributed by atoms with E-state index in [-0.39, 0.29) is 11.9 Å². The summed E-state index contributed by atoms with van der Waals surface area (Å²) in [6, 6.07) is 8.98. The molecule has 0 radical (unpaired) electrons. The maximum atomic E-state index is 13.6. The second-order valence-corrected chi connectivity index (χ2v) is 4.66. The standard InChI is InChI=1S/C16H19FN2O/c1-4-20-16-15(6-5-9-18-16)19-12(3)13-8-7-11(2)14(17)10-13/h5-10,12,19H,4H2,1-3H3. The van der Waals surface area contributed by atoms with Gasteiger partial charge in [-0.25, -0.2) is 9.37 Å². The van der Waals surface area contributed by atoms with E-state index in [2.05, 4.69) is 10.3 Å². The summed E-state index contributed by atoms with van der Waals surface area (Å²) < 4.78 is 19.1. The van der Waals surface area contributed by atoms with Gasteiger partial charge in [-0.2, -0.15) is 0 Å².